The smallest absolute Gasteiger partial charge is 0.227 e. The zero-order valence-electron chi connectivity index (χ0n) is 23.7. The van der Waals surface area contributed by atoms with E-state index in [1.807, 2.05) is 29.2 Å². The van der Waals surface area contributed by atoms with Crippen molar-refractivity contribution in [2.45, 2.75) is 94.1 Å². The Balaban J connectivity index is 1.05. The van der Waals surface area contributed by atoms with Gasteiger partial charge < -0.3 is 14.1 Å². The number of rotatable bonds is 9. The van der Waals surface area contributed by atoms with E-state index in [0.717, 1.165) is 80.0 Å². The van der Waals surface area contributed by atoms with Crippen molar-refractivity contribution in [3.63, 3.8) is 0 Å². The molecule has 214 valence electrons. The van der Waals surface area contributed by atoms with Crippen LogP contribution >= 0.6 is 0 Å². The van der Waals surface area contributed by atoms with E-state index in [-0.39, 0.29) is 22.2 Å². The van der Waals surface area contributed by atoms with E-state index in [2.05, 4.69) is 27.3 Å². The fraction of sp³-hybridized carbons (Fsp3) is 0.576. The Morgan fingerprint density at radius 2 is 1.76 bits per heavy atom. The molecule has 0 spiro atoms. The van der Waals surface area contributed by atoms with Crippen molar-refractivity contribution in [1.82, 2.24) is 15.2 Å². The van der Waals surface area contributed by atoms with Crippen LogP contribution in [-0.2, 0) is 10.2 Å². The van der Waals surface area contributed by atoms with Crippen molar-refractivity contribution < 1.29 is 18.3 Å². The van der Waals surface area contributed by atoms with Gasteiger partial charge in [0, 0.05) is 47.8 Å². The zero-order valence-corrected chi connectivity index (χ0v) is 23.7. The van der Waals surface area contributed by atoms with Crippen LogP contribution < -0.4 is 9.64 Å². The van der Waals surface area contributed by atoms with Gasteiger partial charge in [0.1, 0.15) is 5.67 Å². The molecule has 0 aliphatic heterocycles. The summed E-state index contributed by atoms with van der Waals surface area (Å²) in [5.41, 5.74) is 1.80. The van der Waals surface area contributed by atoms with E-state index in [0.29, 0.717) is 44.0 Å². The van der Waals surface area contributed by atoms with Crippen molar-refractivity contribution >= 4 is 11.6 Å². The van der Waals surface area contributed by atoms with Gasteiger partial charge >= 0.3 is 0 Å². The molecule has 0 radical (unpaired) electrons. The predicted molar refractivity (Wildman–Crippen MR) is 151 cm³/mol. The summed E-state index contributed by atoms with van der Waals surface area (Å²) in [6.07, 6.45) is 12.4. The number of hydrogen-bond donors (Lipinski definition) is 0. The van der Waals surface area contributed by atoms with Gasteiger partial charge in [0.05, 0.1) is 7.11 Å². The lowest BCUT2D eigenvalue weighted by molar-refractivity contribution is -0.215. The van der Waals surface area contributed by atoms with Crippen LogP contribution in [0.1, 0.15) is 94.7 Å². The third kappa shape index (κ3) is 4.28. The molecule has 3 aromatic rings. The first-order valence-corrected chi connectivity index (χ1v) is 15.2. The molecule has 7 nitrogen and oxygen atoms in total. The van der Waals surface area contributed by atoms with Gasteiger partial charge in [-0.05, 0) is 105 Å². The summed E-state index contributed by atoms with van der Waals surface area (Å²) >= 11 is 0. The first-order valence-electron chi connectivity index (χ1n) is 15.2. The number of benzene rings is 1. The van der Waals surface area contributed by atoms with Crippen molar-refractivity contribution in [3.8, 4) is 17.0 Å². The number of halogens is 1. The lowest BCUT2D eigenvalue weighted by Crippen LogP contribution is -2.65. The van der Waals surface area contributed by atoms with Gasteiger partial charge in [-0.1, -0.05) is 12.1 Å². The highest BCUT2D eigenvalue weighted by Gasteiger charge is 2.69. The number of alkyl halides is 1. The molecule has 7 fully saturated rings. The number of nitrogens with zero attached hydrogens (tertiary/aromatic N) is 4. The summed E-state index contributed by atoms with van der Waals surface area (Å²) in [7, 11) is 1.61. The first kappa shape index (κ1) is 25.4. The molecule has 0 saturated heterocycles. The number of carbonyl (C=O) groups excluding carboxylic acids is 1. The van der Waals surface area contributed by atoms with E-state index in [1.165, 1.54) is 0 Å². The van der Waals surface area contributed by atoms with Crippen LogP contribution in [0.5, 0.6) is 5.88 Å². The van der Waals surface area contributed by atoms with E-state index in [1.54, 1.807) is 13.3 Å². The maximum Gasteiger partial charge on any atom is 0.227 e. The fourth-order valence-corrected chi connectivity index (χ4v) is 8.41. The molecule has 0 N–H and O–H groups in total. The van der Waals surface area contributed by atoms with Crippen molar-refractivity contribution in [2.24, 2.45) is 10.8 Å². The minimum atomic E-state index is -1.00. The number of carbonyl (C=O) groups is 1. The molecule has 7 saturated carbocycles. The summed E-state index contributed by atoms with van der Waals surface area (Å²) in [5.74, 6) is 2.82. The molecule has 1 aromatic carbocycles. The van der Waals surface area contributed by atoms with Gasteiger partial charge in [-0.25, -0.2) is 9.37 Å². The number of aromatic nitrogens is 3. The largest absolute Gasteiger partial charge is 0.481 e. The number of pyridine rings is 1. The van der Waals surface area contributed by atoms with E-state index in [4.69, 9.17) is 9.15 Å². The molecule has 2 aromatic heterocycles. The SMILES string of the molecule is COc1ccc(-c2cccc(N(CC34CCC(c5nnc(C6CC6)o5)(CC3)CC4)C(=O)CC34CC(F)(C3)C4)c2)cn1. The Labute approximate surface area is 239 Å². The molecule has 8 heteroatoms. The van der Waals surface area contributed by atoms with Gasteiger partial charge in [-0.3, -0.25) is 4.79 Å². The van der Waals surface area contributed by atoms with Crippen LogP contribution in [0.3, 0.4) is 0 Å². The standard InChI is InChI=1S/C33H37FN4O3/c1-40-26-8-7-24(17-35-26)23-3-2-4-25(15-23)38(27(39)16-31-18-33(34,19-31)20-31)21-30-9-12-32(13-10-30,14-11-30)29-37-36-28(41-29)22-5-6-22/h2-4,7-8,15,17,22H,5-6,9-14,16,18-21H2,1H3. The van der Waals surface area contributed by atoms with Crippen LogP contribution in [0.15, 0.2) is 47.0 Å². The second-order valence-electron chi connectivity index (χ2n) is 14.0. The molecule has 7 aliphatic carbocycles. The predicted octanol–water partition coefficient (Wildman–Crippen LogP) is 6.93. The zero-order chi connectivity index (χ0) is 27.9. The highest BCUT2D eigenvalue weighted by Crippen LogP contribution is 2.71. The molecule has 4 bridgehead atoms. The molecule has 2 heterocycles. The Hall–Kier alpha value is -3.29. The highest BCUT2D eigenvalue weighted by molar-refractivity contribution is 5.95. The topological polar surface area (TPSA) is 81.4 Å². The highest BCUT2D eigenvalue weighted by atomic mass is 19.1. The molecule has 41 heavy (non-hydrogen) atoms. The van der Waals surface area contributed by atoms with Crippen LogP contribution in [0.4, 0.5) is 10.1 Å². The number of anilines is 1. The quantitative estimate of drug-likeness (QED) is 0.284. The number of methoxy groups -OCH3 is 1. The van der Waals surface area contributed by atoms with Crippen molar-refractivity contribution in [3.05, 3.63) is 54.4 Å². The minimum absolute atomic E-state index is 0.0146. The minimum Gasteiger partial charge on any atom is -0.481 e. The fourth-order valence-electron chi connectivity index (χ4n) is 8.41. The third-order valence-corrected chi connectivity index (χ3v) is 11.1. The summed E-state index contributed by atoms with van der Waals surface area (Å²) in [6, 6.07) is 12.1. The number of hydrogen-bond acceptors (Lipinski definition) is 6. The first-order chi connectivity index (χ1) is 19.8. The molecule has 1 amide bonds. The summed E-state index contributed by atoms with van der Waals surface area (Å²) in [4.78, 5) is 20.5. The van der Waals surface area contributed by atoms with Crippen LogP contribution in [0.2, 0.25) is 0 Å². The maximum absolute atomic E-state index is 14.3. The monoisotopic (exact) mass is 556 g/mol. The summed E-state index contributed by atoms with van der Waals surface area (Å²) < 4.78 is 25.8. The van der Waals surface area contributed by atoms with Crippen LogP contribution in [0.25, 0.3) is 11.1 Å². The molecular weight excluding hydrogens is 519 g/mol. The molecule has 0 unspecified atom stereocenters. The Kier molecular flexibility index (Phi) is 5.49. The Morgan fingerprint density at radius 3 is 2.39 bits per heavy atom. The van der Waals surface area contributed by atoms with Gasteiger partial charge in [-0.2, -0.15) is 0 Å². The number of ether oxygens (including phenoxy) is 1. The van der Waals surface area contributed by atoms with E-state index >= 15 is 0 Å². The summed E-state index contributed by atoms with van der Waals surface area (Å²) in [5, 5.41) is 8.90. The summed E-state index contributed by atoms with van der Waals surface area (Å²) in [6.45, 7) is 0.695. The van der Waals surface area contributed by atoms with E-state index in [9.17, 15) is 9.18 Å². The molecule has 7 aliphatic rings. The number of amides is 1. The molecular formula is C33H37FN4O3. The Bertz CT molecular complexity index is 1450. The van der Waals surface area contributed by atoms with Gasteiger partial charge in [0.2, 0.25) is 23.6 Å². The lowest BCUT2D eigenvalue weighted by Gasteiger charge is -2.66. The van der Waals surface area contributed by atoms with Gasteiger partial charge in [0.25, 0.3) is 0 Å². The molecule has 10 rings (SSSR count). The lowest BCUT2D eigenvalue weighted by atomic mass is 9.41. The van der Waals surface area contributed by atoms with Crippen LogP contribution in [-0.4, -0.2) is 40.4 Å². The third-order valence-electron chi connectivity index (χ3n) is 11.1. The van der Waals surface area contributed by atoms with Crippen molar-refractivity contribution in [1.29, 1.82) is 0 Å². The van der Waals surface area contributed by atoms with E-state index < -0.39 is 5.67 Å². The van der Waals surface area contributed by atoms with Crippen molar-refractivity contribution in [2.75, 3.05) is 18.6 Å². The second kappa shape index (κ2) is 8.85. The average Bonchev–Trinajstić information content (AvgIpc) is 3.71. The van der Waals surface area contributed by atoms with Gasteiger partial charge in [-0.15, -0.1) is 10.2 Å². The molecule has 0 atom stereocenters. The maximum atomic E-state index is 14.3. The second-order valence-corrected chi connectivity index (χ2v) is 14.0. The average molecular weight is 557 g/mol. The normalized spacial score (nSPS) is 33.1. The Morgan fingerprint density at radius 1 is 1.00 bits per heavy atom. The van der Waals surface area contributed by atoms with Gasteiger partial charge in [0.15, 0.2) is 0 Å². The van der Waals surface area contributed by atoms with Crippen LogP contribution in [0, 0.1) is 10.8 Å². The number of fused-ring (bicyclic) bond motifs is 3.